The maximum Gasteiger partial charge on any atom is 0.222 e. The molecule has 0 atom stereocenters. The van der Waals surface area contributed by atoms with Crippen molar-refractivity contribution in [3.05, 3.63) is 11.6 Å². The quantitative estimate of drug-likeness (QED) is 0.497. The zero-order chi connectivity index (χ0) is 9.23. The van der Waals surface area contributed by atoms with Crippen LogP contribution in [0.25, 0.3) is 0 Å². The van der Waals surface area contributed by atoms with Gasteiger partial charge in [0.1, 0.15) is 0 Å². The third-order valence-electron chi connectivity index (χ3n) is 0.984. The van der Waals surface area contributed by atoms with Crippen LogP contribution in [0.15, 0.2) is 11.6 Å². The molecule has 0 aromatic carbocycles. The molecule has 0 aliphatic heterocycles. The lowest BCUT2D eigenvalue weighted by atomic mass is 10.5. The lowest BCUT2D eigenvalue weighted by Crippen LogP contribution is -2.14. The van der Waals surface area contributed by atoms with E-state index in [1.165, 1.54) is 11.6 Å². The first-order chi connectivity index (χ1) is 5.85. The van der Waals surface area contributed by atoms with Crippen molar-refractivity contribution in [1.82, 2.24) is 0 Å². The molecule has 0 spiro atoms. The lowest BCUT2D eigenvalue weighted by molar-refractivity contribution is -0.0969. The van der Waals surface area contributed by atoms with Crippen molar-refractivity contribution in [3.8, 4) is 11.8 Å². The molecule has 0 saturated heterocycles. The Bertz CT molecular complexity index is 173. The number of allylic oxidation sites excluding steroid dienone is 1. The highest BCUT2D eigenvalue weighted by Crippen LogP contribution is 1.92. The van der Waals surface area contributed by atoms with Gasteiger partial charge in [-0.25, -0.2) is 0 Å². The zero-order valence-electron chi connectivity index (χ0n) is 7.34. The second kappa shape index (κ2) is 8.61. The molecule has 0 rings (SSSR count). The molecule has 0 heterocycles. The normalized spacial score (nSPS) is 10.3. The molecule has 0 unspecified atom stereocenters. The van der Waals surface area contributed by atoms with Crippen LogP contribution in [0.4, 0.5) is 0 Å². The van der Waals surface area contributed by atoms with Crippen LogP contribution >= 0.6 is 11.6 Å². The Balaban J connectivity index is 3.86. The first-order valence-corrected chi connectivity index (χ1v) is 4.28. The topological polar surface area (TPSA) is 18.5 Å². The molecule has 0 N–H and O–H groups in total. The Morgan fingerprint density at radius 3 is 2.33 bits per heavy atom. The van der Waals surface area contributed by atoms with Crippen molar-refractivity contribution in [2.45, 2.75) is 20.1 Å². The van der Waals surface area contributed by atoms with Gasteiger partial charge in [0.05, 0.1) is 0 Å². The van der Waals surface area contributed by atoms with Crippen molar-refractivity contribution >= 4 is 11.6 Å². The number of hydrogen-bond donors (Lipinski definition) is 0. The van der Waals surface area contributed by atoms with Crippen molar-refractivity contribution < 1.29 is 9.47 Å². The van der Waals surface area contributed by atoms with E-state index in [1.54, 1.807) is 0 Å². The molecule has 12 heavy (non-hydrogen) atoms. The Kier molecular flexibility index (Phi) is 8.25. The molecule has 68 valence electrons. The van der Waals surface area contributed by atoms with Gasteiger partial charge in [0.25, 0.3) is 0 Å². The minimum atomic E-state index is -0.437. The summed E-state index contributed by atoms with van der Waals surface area (Å²) < 4.78 is 10.3. The Hall–Kier alpha value is -0.490. The largest absolute Gasteiger partial charge is 0.342 e. The third kappa shape index (κ3) is 6.23. The van der Waals surface area contributed by atoms with Gasteiger partial charge in [-0.2, -0.15) is 0 Å². The molecule has 0 saturated carbocycles. The number of rotatable bonds is 4. The van der Waals surface area contributed by atoms with Crippen LogP contribution in [-0.2, 0) is 9.47 Å². The van der Waals surface area contributed by atoms with Crippen molar-refractivity contribution in [3.63, 3.8) is 0 Å². The summed E-state index contributed by atoms with van der Waals surface area (Å²) in [4.78, 5) is 0. The van der Waals surface area contributed by atoms with Crippen LogP contribution in [0.1, 0.15) is 13.8 Å². The minimum absolute atomic E-state index is 0.437. The van der Waals surface area contributed by atoms with E-state index < -0.39 is 6.29 Å². The highest BCUT2D eigenvalue weighted by atomic mass is 35.5. The van der Waals surface area contributed by atoms with Gasteiger partial charge in [-0.3, -0.25) is 0 Å². The molecule has 3 heteroatoms. The van der Waals surface area contributed by atoms with E-state index in [1.807, 2.05) is 13.8 Å². The summed E-state index contributed by atoms with van der Waals surface area (Å²) in [6.07, 6.45) is 1.10. The van der Waals surface area contributed by atoms with Gasteiger partial charge >= 0.3 is 0 Å². The van der Waals surface area contributed by atoms with Crippen LogP contribution in [0, 0.1) is 11.8 Å². The molecule has 0 aromatic rings. The summed E-state index contributed by atoms with van der Waals surface area (Å²) in [5, 5.41) is 0. The van der Waals surface area contributed by atoms with E-state index in [2.05, 4.69) is 11.8 Å². The Labute approximate surface area is 78.5 Å². The standard InChI is InChI=1S/C9H13ClO2/c1-3-11-9(12-4-2)7-5-6-8-10/h6,8-9H,3-4H2,1-2H3/b8-6+. The average Bonchev–Trinajstić information content (AvgIpc) is 2.06. The number of ether oxygens (including phenoxy) is 2. The number of hydrogen-bond acceptors (Lipinski definition) is 2. The number of halogens is 1. The first-order valence-electron chi connectivity index (χ1n) is 3.84. The van der Waals surface area contributed by atoms with E-state index in [4.69, 9.17) is 21.1 Å². The summed E-state index contributed by atoms with van der Waals surface area (Å²) in [5.41, 5.74) is 1.35. The predicted molar refractivity (Wildman–Crippen MR) is 49.8 cm³/mol. The van der Waals surface area contributed by atoms with E-state index in [9.17, 15) is 0 Å². The van der Waals surface area contributed by atoms with Crippen LogP contribution in [-0.4, -0.2) is 19.5 Å². The summed E-state index contributed by atoms with van der Waals surface area (Å²) in [5.74, 6) is 5.45. The molecule has 0 aromatic heterocycles. The maximum atomic E-state index is 5.27. The fraction of sp³-hybridized carbons (Fsp3) is 0.556. The second-order valence-corrected chi connectivity index (χ2v) is 2.08. The maximum absolute atomic E-state index is 5.27. The highest BCUT2D eigenvalue weighted by molar-refractivity contribution is 6.25. The Morgan fingerprint density at radius 1 is 1.33 bits per heavy atom. The fourth-order valence-corrected chi connectivity index (χ4v) is 0.645. The van der Waals surface area contributed by atoms with Crippen LogP contribution < -0.4 is 0 Å². The summed E-state index contributed by atoms with van der Waals surface area (Å²) in [6, 6.07) is 0. The van der Waals surface area contributed by atoms with Gasteiger partial charge in [0.15, 0.2) is 0 Å². The molecule has 0 aliphatic rings. The van der Waals surface area contributed by atoms with Crippen molar-refractivity contribution in [2.24, 2.45) is 0 Å². The van der Waals surface area contributed by atoms with Gasteiger partial charge < -0.3 is 9.47 Å². The van der Waals surface area contributed by atoms with Gasteiger partial charge in [-0.05, 0) is 25.8 Å². The molecular weight excluding hydrogens is 176 g/mol. The molecule has 0 aliphatic carbocycles. The first kappa shape index (κ1) is 11.5. The summed E-state index contributed by atoms with van der Waals surface area (Å²) in [6.45, 7) is 4.96. The van der Waals surface area contributed by atoms with E-state index in [0.29, 0.717) is 13.2 Å². The SMILES string of the molecule is CCOC(C#C/C=C/Cl)OCC. The van der Waals surface area contributed by atoms with Gasteiger partial charge in [0.2, 0.25) is 6.29 Å². The highest BCUT2D eigenvalue weighted by Gasteiger charge is 2.00. The third-order valence-corrected chi connectivity index (χ3v) is 1.11. The van der Waals surface area contributed by atoms with Crippen LogP contribution in [0.3, 0.4) is 0 Å². The monoisotopic (exact) mass is 188 g/mol. The molecular formula is C9H13ClO2. The zero-order valence-corrected chi connectivity index (χ0v) is 8.10. The second-order valence-electron chi connectivity index (χ2n) is 1.82. The average molecular weight is 189 g/mol. The minimum Gasteiger partial charge on any atom is -0.342 e. The van der Waals surface area contributed by atoms with Gasteiger partial charge in [0, 0.05) is 18.7 Å². The molecule has 2 nitrogen and oxygen atoms in total. The van der Waals surface area contributed by atoms with Gasteiger partial charge in [-0.1, -0.05) is 17.5 Å². The molecule has 0 amide bonds. The Morgan fingerprint density at radius 2 is 1.92 bits per heavy atom. The lowest BCUT2D eigenvalue weighted by Gasteiger charge is -2.09. The van der Waals surface area contributed by atoms with E-state index in [-0.39, 0.29) is 0 Å². The van der Waals surface area contributed by atoms with Crippen LogP contribution in [0.2, 0.25) is 0 Å². The van der Waals surface area contributed by atoms with Crippen LogP contribution in [0.5, 0.6) is 0 Å². The van der Waals surface area contributed by atoms with Gasteiger partial charge in [-0.15, -0.1) is 0 Å². The smallest absolute Gasteiger partial charge is 0.222 e. The van der Waals surface area contributed by atoms with Crippen molar-refractivity contribution in [2.75, 3.05) is 13.2 Å². The predicted octanol–water partition coefficient (Wildman–Crippen LogP) is 2.14. The molecule has 0 fully saturated rings. The van der Waals surface area contributed by atoms with Crippen molar-refractivity contribution in [1.29, 1.82) is 0 Å². The molecule has 0 bridgehead atoms. The van der Waals surface area contributed by atoms with E-state index in [0.717, 1.165) is 0 Å². The van der Waals surface area contributed by atoms with E-state index >= 15 is 0 Å². The summed E-state index contributed by atoms with van der Waals surface area (Å²) in [7, 11) is 0. The fourth-order valence-electron chi connectivity index (χ4n) is 0.582. The molecule has 0 radical (unpaired) electrons. The summed E-state index contributed by atoms with van der Waals surface area (Å²) >= 11 is 5.27.